The minimum Gasteiger partial charge on any atom is -0.485 e. The highest BCUT2D eigenvalue weighted by Crippen LogP contribution is 2.30. The molecular weight excluding hydrogens is 454 g/mol. The van der Waals surface area contributed by atoms with Crippen LogP contribution in [0.1, 0.15) is 61.1 Å². The molecule has 4 rings (SSSR count). The Morgan fingerprint density at radius 3 is 2.67 bits per heavy atom. The van der Waals surface area contributed by atoms with Crippen LogP contribution in [0, 0.1) is 11.8 Å². The number of hydrogen-bond donors (Lipinski definition) is 2. The Bertz CT molecular complexity index is 1300. The molecule has 0 spiro atoms. The maximum Gasteiger partial charge on any atom is 0.166 e. The fourth-order valence-corrected chi connectivity index (χ4v) is 4.19. The predicted octanol–water partition coefficient (Wildman–Crippen LogP) is 3.70. The van der Waals surface area contributed by atoms with Crippen LogP contribution in [0.5, 0.6) is 5.75 Å². The maximum atomic E-state index is 12.2. The van der Waals surface area contributed by atoms with E-state index in [9.17, 15) is 9.90 Å². The van der Waals surface area contributed by atoms with E-state index in [1.54, 1.807) is 38.2 Å². The Morgan fingerprint density at radius 2 is 1.97 bits per heavy atom. The molecule has 1 aromatic carbocycles. The van der Waals surface area contributed by atoms with E-state index in [1.807, 2.05) is 23.1 Å². The number of aliphatic hydroxyl groups is 1. The fourth-order valence-electron chi connectivity index (χ4n) is 4.19. The number of ether oxygens (including phenoxy) is 1. The number of nitrogens with zero attached hydrogens (tertiary/aromatic N) is 4. The van der Waals surface area contributed by atoms with Crippen LogP contribution in [-0.2, 0) is 6.61 Å². The normalized spacial score (nSPS) is 14.8. The zero-order valence-electron chi connectivity index (χ0n) is 21.3. The van der Waals surface area contributed by atoms with E-state index in [2.05, 4.69) is 33.9 Å². The van der Waals surface area contributed by atoms with Crippen LogP contribution in [0.25, 0.3) is 11.1 Å². The van der Waals surface area contributed by atoms with Gasteiger partial charge in [-0.1, -0.05) is 11.8 Å². The molecule has 0 unspecified atom stereocenters. The van der Waals surface area contributed by atoms with Gasteiger partial charge in [0.05, 0.1) is 12.2 Å². The first-order valence-corrected chi connectivity index (χ1v) is 12.1. The number of likely N-dealkylation sites (tertiary alicyclic amines) is 1. The Morgan fingerprint density at radius 1 is 1.22 bits per heavy atom. The maximum absolute atomic E-state index is 12.2. The molecule has 3 aromatic rings. The van der Waals surface area contributed by atoms with Crippen LogP contribution in [0.3, 0.4) is 0 Å². The molecule has 0 bridgehead atoms. The highest BCUT2D eigenvalue weighted by Gasteiger charge is 2.19. The summed E-state index contributed by atoms with van der Waals surface area (Å²) >= 11 is 0. The minimum absolute atomic E-state index is 0.0724. The fraction of sp³-hybridized carbons (Fsp3) is 0.393. The average Bonchev–Trinajstić information content (AvgIpc) is 3.32. The monoisotopic (exact) mass is 487 g/mol. The van der Waals surface area contributed by atoms with E-state index in [1.165, 1.54) is 6.92 Å². The van der Waals surface area contributed by atoms with E-state index in [0.29, 0.717) is 28.5 Å². The van der Waals surface area contributed by atoms with Crippen LogP contribution in [0.2, 0.25) is 0 Å². The molecule has 8 nitrogen and oxygen atoms in total. The molecule has 3 heterocycles. The van der Waals surface area contributed by atoms with Crippen LogP contribution in [0.4, 0.5) is 5.82 Å². The third kappa shape index (κ3) is 6.30. The van der Waals surface area contributed by atoms with Gasteiger partial charge in [-0.2, -0.15) is 5.10 Å². The molecule has 188 valence electrons. The molecule has 36 heavy (non-hydrogen) atoms. The van der Waals surface area contributed by atoms with Gasteiger partial charge in [-0.05, 0) is 78.0 Å². The molecule has 3 N–H and O–H groups in total. The van der Waals surface area contributed by atoms with Crippen molar-refractivity contribution in [3.8, 4) is 28.7 Å². The third-order valence-electron chi connectivity index (χ3n) is 6.26. The van der Waals surface area contributed by atoms with Crippen LogP contribution >= 0.6 is 0 Å². The first-order valence-electron chi connectivity index (χ1n) is 12.1. The second kappa shape index (κ2) is 10.5. The van der Waals surface area contributed by atoms with Crippen molar-refractivity contribution in [1.29, 1.82) is 0 Å². The second-order valence-electron chi connectivity index (χ2n) is 9.88. The lowest BCUT2D eigenvalue weighted by atomic mass is 10.0. The van der Waals surface area contributed by atoms with Gasteiger partial charge in [0.25, 0.3) is 0 Å². The number of hydrogen-bond acceptors (Lipinski definition) is 7. The van der Waals surface area contributed by atoms with Gasteiger partial charge in [0.1, 0.15) is 12.2 Å². The Hall–Kier alpha value is -3.67. The van der Waals surface area contributed by atoms with E-state index in [4.69, 9.17) is 10.5 Å². The number of carbonyl (C=O) groups is 1. The number of pyridine rings is 1. The molecule has 0 atom stereocenters. The molecule has 0 radical (unpaired) electrons. The lowest BCUT2D eigenvalue weighted by Crippen LogP contribution is -2.31. The van der Waals surface area contributed by atoms with Crippen molar-refractivity contribution in [2.45, 2.75) is 51.9 Å². The van der Waals surface area contributed by atoms with Crippen LogP contribution < -0.4 is 10.5 Å². The number of anilines is 1. The molecule has 1 aliphatic rings. The van der Waals surface area contributed by atoms with Gasteiger partial charge in [0.2, 0.25) is 0 Å². The third-order valence-corrected chi connectivity index (χ3v) is 6.26. The molecule has 8 heteroatoms. The summed E-state index contributed by atoms with van der Waals surface area (Å²) in [5.74, 6) is 6.36. The summed E-state index contributed by atoms with van der Waals surface area (Å²) in [4.78, 5) is 18.8. The number of piperidine rings is 1. The zero-order valence-corrected chi connectivity index (χ0v) is 21.3. The molecule has 0 amide bonds. The zero-order chi connectivity index (χ0) is 25.9. The molecule has 1 aliphatic heterocycles. The Labute approximate surface area is 212 Å². The van der Waals surface area contributed by atoms with Crippen LogP contribution in [-0.4, -0.2) is 56.3 Å². The van der Waals surface area contributed by atoms with E-state index >= 15 is 0 Å². The first kappa shape index (κ1) is 25.4. The van der Waals surface area contributed by atoms with Gasteiger partial charge < -0.3 is 20.5 Å². The molecular formula is C28H33N5O3. The lowest BCUT2D eigenvalue weighted by Gasteiger charge is -2.28. The topological polar surface area (TPSA) is 106 Å². The molecule has 2 aromatic heterocycles. The molecule has 0 saturated carbocycles. The number of aromatic nitrogens is 3. The Kier molecular flexibility index (Phi) is 7.43. The van der Waals surface area contributed by atoms with Gasteiger partial charge in [-0.15, -0.1) is 0 Å². The van der Waals surface area contributed by atoms with Gasteiger partial charge in [-0.25, -0.2) is 4.98 Å². The van der Waals surface area contributed by atoms with Gasteiger partial charge in [0, 0.05) is 40.2 Å². The average molecular weight is 488 g/mol. The van der Waals surface area contributed by atoms with Crippen molar-refractivity contribution in [3.63, 3.8) is 0 Å². The minimum atomic E-state index is -1.11. The molecule has 0 aliphatic carbocycles. The SMILES string of the molecule is CC(=O)c1ccc(C#CC(C)(C)O)cc1COc1cc(-c2cnn(C3CCN(C)CC3)c2)cnc1N. The largest absolute Gasteiger partial charge is 0.485 e. The summed E-state index contributed by atoms with van der Waals surface area (Å²) < 4.78 is 8.08. The van der Waals surface area contributed by atoms with Crippen molar-refractivity contribution in [1.82, 2.24) is 19.7 Å². The molecule has 1 fully saturated rings. The van der Waals surface area contributed by atoms with E-state index < -0.39 is 5.60 Å². The summed E-state index contributed by atoms with van der Waals surface area (Å²) in [5, 5.41) is 14.5. The van der Waals surface area contributed by atoms with Gasteiger partial charge in [0.15, 0.2) is 17.4 Å². The molecule has 1 saturated heterocycles. The first-order chi connectivity index (χ1) is 17.1. The number of ketones is 1. The van der Waals surface area contributed by atoms with Crippen LogP contribution in [0.15, 0.2) is 42.9 Å². The number of benzene rings is 1. The summed E-state index contributed by atoms with van der Waals surface area (Å²) in [7, 11) is 2.14. The van der Waals surface area contributed by atoms with Crippen molar-refractivity contribution in [2.24, 2.45) is 0 Å². The van der Waals surface area contributed by atoms with Crippen molar-refractivity contribution in [3.05, 3.63) is 59.5 Å². The second-order valence-corrected chi connectivity index (χ2v) is 9.88. The number of Topliss-reactive ketones (excluding diaryl/α,β-unsaturated/α-hetero) is 1. The summed E-state index contributed by atoms with van der Waals surface area (Å²) in [5.41, 5.74) is 8.71. The highest BCUT2D eigenvalue weighted by molar-refractivity contribution is 5.95. The Balaban J connectivity index is 1.54. The standard InChI is InChI=1S/C28H33N5O3/c1-19(34)25-6-5-20(7-10-28(2,3)35)13-22(25)18-36-26-14-21(15-30-27(26)29)23-16-31-33(17-23)24-8-11-32(4)12-9-24/h5-6,13-17,24,35H,8-9,11-12,18H2,1-4H3,(H2,29,30). The smallest absolute Gasteiger partial charge is 0.166 e. The van der Waals surface area contributed by atoms with Gasteiger partial charge in [-0.3, -0.25) is 9.48 Å². The van der Waals surface area contributed by atoms with Crippen molar-refractivity contribution in [2.75, 3.05) is 25.9 Å². The van der Waals surface area contributed by atoms with Crippen molar-refractivity contribution < 1.29 is 14.6 Å². The quantitative estimate of drug-likeness (QED) is 0.403. The number of nitrogen functional groups attached to an aromatic ring is 1. The highest BCUT2D eigenvalue weighted by atomic mass is 16.5. The lowest BCUT2D eigenvalue weighted by molar-refractivity contribution is 0.101. The van der Waals surface area contributed by atoms with E-state index in [0.717, 1.165) is 37.1 Å². The van der Waals surface area contributed by atoms with Gasteiger partial charge >= 0.3 is 0 Å². The number of rotatable bonds is 6. The number of nitrogens with two attached hydrogens (primary N) is 1. The van der Waals surface area contributed by atoms with E-state index in [-0.39, 0.29) is 18.2 Å². The predicted molar refractivity (Wildman–Crippen MR) is 140 cm³/mol. The number of carbonyl (C=O) groups excluding carboxylic acids is 1. The summed E-state index contributed by atoms with van der Waals surface area (Å²) in [6.45, 7) is 7.00. The summed E-state index contributed by atoms with van der Waals surface area (Å²) in [6, 6.07) is 7.53. The summed E-state index contributed by atoms with van der Waals surface area (Å²) in [6.07, 6.45) is 7.75. The van der Waals surface area contributed by atoms with Crippen molar-refractivity contribution >= 4 is 11.6 Å².